The van der Waals surface area contributed by atoms with Gasteiger partial charge in [0.05, 0.1) is 33.0 Å². The zero-order valence-corrected chi connectivity index (χ0v) is 24.7. The van der Waals surface area contributed by atoms with E-state index in [1.807, 2.05) is 38.1 Å². The summed E-state index contributed by atoms with van der Waals surface area (Å²) >= 11 is 14.9. The van der Waals surface area contributed by atoms with Gasteiger partial charge in [0, 0.05) is 15.1 Å². The summed E-state index contributed by atoms with van der Waals surface area (Å²) in [7, 11) is 0. The number of rotatable bonds is 6. The Morgan fingerprint density at radius 2 is 2.00 bits per heavy atom. The molecule has 4 rings (SSSR count). The molecule has 0 saturated carbocycles. The molecule has 2 heterocycles. The largest absolute Gasteiger partial charge is 0.489 e. The van der Waals surface area contributed by atoms with Crippen LogP contribution in [0, 0.1) is 0 Å². The summed E-state index contributed by atoms with van der Waals surface area (Å²) in [6, 6.07) is 10.2. The molecule has 6 nitrogen and oxygen atoms in total. The number of hydrogen-bond donors (Lipinski definition) is 0. The Balaban J connectivity index is 1.99. The summed E-state index contributed by atoms with van der Waals surface area (Å²) in [5, 5.41) is 0.442. The van der Waals surface area contributed by atoms with Crippen LogP contribution in [0.4, 0.5) is 0 Å². The van der Waals surface area contributed by atoms with E-state index >= 15 is 0 Å². The number of nitrogens with zero attached hydrogens (tertiary/aromatic N) is 2. The van der Waals surface area contributed by atoms with Crippen LogP contribution in [-0.4, -0.2) is 23.2 Å². The minimum absolute atomic E-state index is 0.0640. The number of carbonyl (C=O) groups is 1. The van der Waals surface area contributed by atoms with Gasteiger partial charge in [-0.3, -0.25) is 9.36 Å². The molecule has 0 N–H and O–H groups in total. The average molecular weight is 655 g/mol. The summed E-state index contributed by atoms with van der Waals surface area (Å²) in [5.41, 5.74) is 1.84. The standard InChI is InChI=1S/C26H23Br2ClN2O4S/c1-5-34-25(33)21-14(4)30-26-31(22(21)17-8-6-7-9-19(17)29)24(32)20(36-26)11-15-10-16(27)12-18(28)23(15)35-13(2)3/h6-13,22H,5H2,1-4H3/b20-11-/t22-/m1/s1. The van der Waals surface area contributed by atoms with E-state index in [0.717, 1.165) is 14.5 Å². The molecule has 1 aliphatic heterocycles. The molecule has 10 heteroatoms. The van der Waals surface area contributed by atoms with E-state index in [1.54, 1.807) is 32.1 Å². The number of benzene rings is 2. The maximum absolute atomic E-state index is 13.8. The number of allylic oxidation sites excluding steroid dienone is 1. The molecule has 0 aliphatic carbocycles. The minimum Gasteiger partial charge on any atom is -0.489 e. The number of fused-ring (bicyclic) bond motifs is 1. The number of halogens is 3. The highest BCUT2D eigenvalue weighted by Gasteiger charge is 2.34. The van der Waals surface area contributed by atoms with Crippen molar-refractivity contribution in [2.24, 2.45) is 4.99 Å². The van der Waals surface area contributed by atoms with Crippen molar-refractivity contribution >= 4 is 66.8 Å². The Hall–Kier alpha value is -2.20. The second-order valence-corrected chi connectivity index (χ2v) is 11.5. The monoisotopic (exact) mass is 652 g/mol. The fourth-order valence-corrected chi connectivity index (χ4v) is 6.60. The molecule has 1 atom stereocenters. The first kappa shape index (κ1) is 26.9. The summed E-state index contributed by atoms with van der Waals surface area (Å²) in [4.78, 5) is 32.0. The van der Waals surface area contributed by atoms with E-state index in [4.69, 9.17) is 21.1 Å². The van der Waals surface area contributed by atoms with E-state index in [0.29, 0.717) is 31.4 Å². The molecule has 0 saturated heterocycles. The SMILES string of the molecule is CCOC(=O)C1=C(C)N=c2s/c(=C\c3cc(Br)cc(Br)c3OC(C)C)c(=O)n2[C@@H]1c1ccccc1Cl. The van der Waals surface area contributed by atoms with Crippen LogP contribution in [-0.2, 0) is 9.53 Å². The van der Waals surface area contributed by atoms with Crippen LogP contribution in [0.5, 0.6) is 5.75 Å². The molecule has 0 radical (unpaired) electrons. The van der Waals surface area contributed by atoms with Crippen molar-refractivity contribution in [3.05, 3.63) is 92.5 Å². The molecule has 2 aromatic carbocycles. The van der Waals surface area contributed by atoms with Crippen molar-refractivity contribution in [3.8, 4) is 5.75 Å². The second-order valence-electron chi connectivity index (χ2n) is 8.30. The van der Waals surface area contributed by atoms with Crippen LogP contribution in [0.2, 0.25) is 5.02 Å². The third-order valence-electron chi connectivity index (χ3n) is 5.39. The van der Waals surface area contributed by atoms with Gasteiger partial charge in [-0.1, -0.05) is 57.1 Å². The highest BCUT2D eigenvalue weighted by Crippen LogP contribution is 2.36. The highest BCUT2D eigenvalue weighted by atomic mass is 79.9. The number of hydrogen-bond acceptors (Lipinski definition) is 6. The summed E-state index contributed by atoms with van der Waals surface area (Å²) in [5.74, 6) is 0.103. The Morgan fingerprint density at radius 3 is 2.67 bits per heavy atom. The summed E-state index contributed by atoms with van der Waals surface area (Å²) in [6.45, 7) is 7.56. The zero-order chi connectivity index (χ0) is 26.1. The van der Waals surface area contributed by atoms with Gasteiger partial charge in [0.1, 0.15) is 11.8 Å². The predicted octanol–water partition coefficient (Wildman–Crippen LogP) is 5.76. The van der Waals surface area contributed by atoms with Gasteiger partial charge in [0.2, 0.25) is 0 Å². The van der Waals surface area contributed by atoms with Crippen molar-refractivity contribution in [2.45, 2.75) is 39.8 Å². The topological polar surface area (TPSA) is 69.9 Å². The van der Waals surface area contributed by atoms with Crippen molar-refractivity contribution in [3.63, 3.8) is 0 Å². The number of thiazole rings is 1. The Bertz CT molecular complexity index is 1560. The van der Waals surface area contributed by atoms with Crippen molar-refractivity contribution < 1.29 is 14.3 Å². The van der Waals surface area contributed by atoms with Gasteiger partial charge in [-0.25, -0.2) is 9.79 Å². The van der Waals surface area contributed by atoms with E-state index in [9.17, 15) is 9.59 Å². The maximum atomic E-state index is 13.8. The number of carbonyl (C=O) groups excluding carboxylic acids is 1. The lowest BCUT2D eigenvalue weighted by Crippen LogP contribution is -2.40. The number of esters is 1. The van der Waals surface area contributed by atoms with E-state index in [1.165, 1.54) is 15.9 Å². The van der Waals surface area contributed by atoms with Gasteiger partial charge < -0.3 is 9.47 Å². The van der Waals surface area contributed by atoms with Crippen LogP contribution in [0.25, 0.3) is 6.08 Å². The van der Waals surface area contributed by atoms with Crippen LogP contribution in [0.15, 0.2) is 66.4 Å². The summed E-state index contributed by atoms with van der Waals surface area (Å²) < 4.78 is 14.9. The first-order valence-corrected chi connectivity index (χ1v) is 14.0. The van der Waals surface area contributed by atoms with Crippen LogP contribution in [0.3, 0.4) is 0 Å². The lowest BCUT2D eigenvalue weighted by Gasteiger charge is -2.25. The quantitative estimate of drug-likeness (QED) is 0.317. The van der Waals surface area contributed by atoms with E-state index in [2.05, 4.69) is 36.9 Å². The molecule has 0 bridgehead atoms. The lowest BCUT2D eigenvalue weighted by molar-refractivity contribution is -0.139. The van der Waals surface area contributed by atoms with E-state index in [-0.39, 0.29) is 23.8 Å². The molecule has 1 aromatic heterocycles. The Labute approximate surface area is 234 Å². The zero-order valence-electron chi connectivity index (χ0n) is 20.0. The Morgan fingerprint density at radius 1 is 1.28 bits per heavy atom. The molecule has 3 aromatic rings. The van der Waals surface area contributed by atoms with Crippen LogP contribution in [0.1, 0.15) is 44.9 Å². The molecule has 188 valence electrons. The number of aromatic nitrogens is 1. The normalized spacial score (nSPS) is 15.7. The van der Waals surface area contributed by atoms with Gasteiger partial charge in [-0.2, -0.15) is 0 Å². The van der Waals surface area contributed by atoms with Crippen molar-refractivity contribution in [1.29, 1.82) is 0 Å². The fraction of sp³-hybridized carbons (Fsp3) is 0.269. The fourth-order valence-electron chi connectivity index (χ4n) is 3.97. The molecule has 1 aliphatic rings. The maximum Gasteiger partial charge on any atom is 0.338 e. The molecule has 36 heavy (non-hydrogen) atoms. The summed E-state index contributed by atoms with van der Waals surface area (Å²) in [6.07, 6.45) is 1.72. The lowest BCUT2D eigenvalue weighted by atomic mass is 9.96. The van der Waals surface area contributed by atoms with Gasteiger partial charge in [-0.15, -0.1) is 0 Å². The predicted molar refractivity (Wildman–Crippen MR) is 149 cm³/mol. The van der Waals surface area contributed by atoms with Gasteiger partial charge in [0.15, 0.2) is 4.80 Å². The van der Waals surface area contributed by atoms with E-state index < -0.39 is 12.0 Å². The molecule has 0 amide bonds. The Kier molecular flexibility index (Phi) is 8.24. The third-order valence-corrected chi connectivity index (χ3v) is 7.77. The molecular formula is C26H23Br2ClN2O4S. The average Bonchev–Trinajstić information content (AvgIpc) is 3.10. The molecular weight excluding hydrogens is 632 g/mol. The van der Waals surface area contributed by atoms with Crippen molar-refractivity contribution in [2.75, 3.05) is 6.61 Å². The highest BCUT2D eigenvalue weighted by molar-refractivity contribution is 9.11. The van der Waals surface area contributed by atoms with Crippen LogP contribution < -0.4 is 19.6 Å². The second kappa shape index (κ2) is 11.0. The van der Waals surface area contributed by atoms with Gasteiger partial charge >= 0.3 is 5.97 Å². The van der Waals surface area contributed by atoms with Gasteiger partial charge in [0.25, 0.3) is 5.56 Å². The van der Waals surface area contributed by atoms with Gasteiger partial charge in [-0.05, 0) is 73.5 Å². The smallest absolute Gasteiger partial charge is 0.338 e. The minimum atomic E-state index is -0.767. The van der Waals surface area contributed by atoms with Crippen LogP contribution >= 0.6 is 54.8 Å². The first-order valence-electron chi connectivity index (χ1n) is 11.2. The molecule has 0 unspecified atom stereocenters. The molecule has 0 fully saturated rings. The van der Waals surface area contributed by atoms with Crippen molar-refractivity contribution in [1.82, 2.24) is 4.57 Å². The first-order chi connectivity index (χ1) is 17.1. The molecule has 0 spiro atoms. The number of ether oxygens (including phenoxy) is 2. The third kappa shape index (κ3) is 5.25.